The molecule has 2 aromatic heterocycles. The number of aliphatic hydroxyl groups excluding tert-OH is 3. The molecule has 3 aromatic rings. The van der Waals surface area contributed by atoms with Crippen LogP contribution in [0.3, 0.4) is 0 Å². The van der Waals surface area contributed by atoms with Gasteiger partial charge in [-0.05, 0) is 24.3 Å². The second-order valence-corrected chi connectivity index (χ2v) is 6.16. The van der Waals surface area contributed by atoms with Gasteiger partial charge in [-0.25, -0.2) is 4.98 Å². The van der Waals surface area contributed by atoms with Gasteiger partial charge in [0.05, 0.1) is 18.6 Å². The predicted octanol–water partition coefficient (Wildman–Crippen LogP) is -0.148. The van der Waals surface area contributed by atoms with Gasteiger partial charge in [0, 0.05) is 0 Å². The quantitative estimate of drug-likeness (QED) is 0.383. The molecular weight excluding hydrogens is 372 g/mol. The molecule has 28 heavy (non-hydrogen) atoms. The second-order valence-electron chi connectivity index (χ2n) is 6.16. The third-order valence-corrected chi connectivity index (χ3v) is 4.32. The fraction of sp³-hybridized carbons (Fsp3) is 0.312. The Morgan fingerprint density at radius 3 is 2.61 bits per heavy atom. The number of aromatic hydroxyl groups is 1. The van der Waals surface area contributed by atoms with Crippen molar-refractivity contribution >= 4 is 22.8 Å². The van der Waals surface area contributed by atoms with Crippen LogP contribution in [0.4, 0.5) is 11.6 Å². The van der Waals surface area contributed by atoms with E-state index in [1.54, 1.807) is 0 Å². The van der Waals surface area contributed by atoms with Crippen LogP contribution in [0.15, 0.2) is 45.6 Å². The average Bonchev–Trinajstić information content (AvgIpc) is 3.23. The van der Waals surface area contributed by atoms with Gasteiger partial charge in [0.1, 0.15) is 24.1 Å². The summed E-state index contributed by atoms with van der Waals surface area (Å²) < 4.78 is 6.74. The van der Waals surface area contributed by atoms with E-state index in [0.29, 0.717) is 5.69 Å². The van der Waals surface area contributed by atoms with Crippen molar-refractivity contribution < 1.29 is 25.2 Å². The number of azo groups is 1. The Labute approximate surface area is 156 Å². The molecule has 1 saturated heterocycles. The number of ether oxygens (including phenoxy) is 1. The number of aromatic amines is 1. The molecule has 146 valence electrons. The summed E-state index contributed by atoms with van der Waals surface area (Å²) in [6.07, 6.45) is -3.48. The highest BCUT2D eigenvalue weighted by Gasteiger charge is 2.44. The first-order valence-electron chi connectivity index (χ1n) is 8.28. The highest BCUT2D eigenvalue weighted by atomic mass is 16.6. The van der Waals surface area contributed by atoms with Crippen LogP contribution in [0.5, 0.6) is 5.75 Å². The lowest BCUT2D eigenvalue weighted by molar-refractivity contribution is -0.0511. The normalized spacial score (nSPS) is 25.1. The van der Waals surface area contributed by atoms with Crippen LogP contribution in [0.2, 0.25) is 0 Å². The molecule has 1 aromatic carbocycles. The zero-order valence-corrected chi connectivity index (χ0v) is 14.2. The average molecular weight is 388 g/mol. The van der Waals surface area contributed by atoms with Crippen LogP contribution in [0.1, 0.15) is 6.23 Å². The molecule has 4 rings (SSSR count). The van der Waals surface area contributed by atoms with Crippen LogP contribution in [0.25, 0.3) is 11.2 Å². The van der Waals surface area contributed by atoms with E-state index in [2.05, 4.69) is 25.2 Å². The number of H-pyrrole nitrogens is 1. The van der Waals surface area contributed by atoms with E-state index in [4.69, 9.17) is 4.74 Å². The lowest BCUT2D eigenvalue weighted by atomic mass is 10.1. The molecule has 2 unspecified atom stereocenters. The summed E-state index contributed by atoms with van der Waals surface area (Å²) >= 11 is 0. The molecule has 0 amide bonds. The number of aromatic nitrogens is 4. The van der Waals surface area contributed by atoms with E-state index in [0.717, 1.165) is 0 Å². The minimum absolute atomic E-state index is 0.0127. The standard InChI is InChI=1S/C16H16N6O6/c23-5-9-11(25)12(26)15(28-9)22-6-17-10-13(22)18-16(19-14(10)27)21-20-7-1-3-8(24)4-2-7/h1-4,6,9,11-12,15,23-26H,5H2,(H,18,19,27)/b21-20+/t9?,11-,12-,15?/m1/s1. The molecule has 0 saturated carbocycles. The molecular formula is C16H16N6O6. The lowest BCUT2D eigenvalue weighted by Crippen LogP contribution is -2.33. The molecule has 4 atom stereocenters. The molecule has 0 bridgehead atoms. The van der Waals surface area contributed by atoms with Crippen molar-refractivity contribution in [2.45, 2.75) is 24.5 Å². The second kappa shape index (κ2) is 7.09. The summed E-state index contributed by atoms with van der Waals surface area (Å²) in [6, 6.07) is 5.92. The first-order valence-corrected chi connectivity index (χ1v) is 8.28. The van der Waals surface area contributed by atoms with E-state index in [1.165, 1.54) is 35.2 Å². The third-order valence-electron chi connectivity index (χ3n) is 4.32. The van der Waals surface area contributed by atoms with Crippen LogP contribution >= 0.6 is 0 Å². The Balaban J connectivity index is 1.71. The first kappa shape index (κ1) is 18.2. The molecule has 0 aliphatic carbocycles. The van der Waals surface area contributed by atoms with Crippen LogP contribution < -0.4 is 5.56 Å². The topological polar surface area (TPSA) is 178 Å². The molecule has 1 aliphatic heterocycles. The van der Waals surface area contributed by atoms with Crippen LogP contribution in [-0.2, 0) is 4.74 Å². The van der Waals surface area contributed by atoms with E-state index in [-0.39, 0.29) is 22.9 Å². The number of hydrogen-bond donors (Lipinski definition) is 5. The predicted molar refractivity (Wildman–Crippen MR) is 93.4 cm³/mol. The van der Waals surface area contributed by atoms with Crippen LogP contribution in [0, 0.1) is 0 Å². The summed E-state index contributed by atoms with van der Waals surface area (Å²) in [6.45, 7) is -0.485. The van der Waals surface area contributed by atoms with Crippen molar-refractivity contribution in [1.29, 1.82) is 0 Å². The van der Waals surface area contributed by atoms with Crippen molar-refractivity contribution in [1.82, 2.24) is 19.5 Å². The molecule has 1 aliphatic rings. The van der Waals surface area contributed by atoms with Gasteiger partial charge in [-0.15, -0.1) is 10.2 Å². The number of nitrogens with zero attached hydrogens (tertiary/aromatic N) is 5. The summed E-state index contributed by atoms with van der Waals surface area (Å²) in [5, 5.41) is 46.4. The number of phenolic OH excluding ortho intramolecular Hbond substituents is 1. The Bertz CT molecular complexity index is 1080. The number of benzene rings is 1. The van der Waals surface area contributed by atoms with Crippen molar-refractivity contribution in [2.24, 2.45) is 10.2 Å². The molecule has 0 radical (unpaired) electrons. The minimum Gasteiger partial charge on any atom is -0.508 e. The van der Waals surface area contributed by atoms with Gasteiger partial charge < -0.3 is 25.2 Å². The Kier molecular flexibility index (Phi) is 4.60. The number of phenols is 1. The van der Waals surface area contributed by atoms with Gasteiger partial charge in [0.25, 0.3) is 11.5 Å². The monoisotopic (exact) mass is 388 g/mol. The summed E-state index contributed by atoms with van der Waals surface area (Å²) in [7, 11) is 0. The van der Waals surface area contributed by atoms with Gasteiger partial charge in [0.2, 0.25) is 0 Å². The van der Waals surface area contributed by atoms with Gasteiger partial charge in [-0.1, -0.05) is 0 Å². The number of rotatable bonds is 4. The van der Waals surface area contributed by atoms with Crippen molar-refractivity contribution in [2.75, 3.05) is 6.61 Å². The zero-order valence-electron chi connectivity index (χ0n) is 14.2. The zero-order chi connectivity index (χ0) is 19.8. The maximum Gasteiger partial charge on any atom is 0.280 e. The minimum atomic E-state index is -1.35. The fourth-order valence-corrected chi connectivity index (χ4v) is 2.88. The van der Waals surface area contributed by atoms with Crippen molar-refractivity contribution in [3.63, 3.8) is 0 Å². The lowest BCUT2D eigenvalue weighted by Gasteiger charge is -2.16. The Hall–Kier alpha value is -3.19. The first-order chi connectivity index (χ1) is 13.5. The molecule has 12 heteroatoms. The van der Waals surface area contributed by atoms with E-state index >= 15 is 0 Å². The Morgan fingerprint density at radius 1 is 1.18 bits per heavy atom. The highest BCUT2D eigenvalue weighted by molar-refractivity contribution is 5.70. The number of aliphatic hydroxyl groups is 3. The molecule has 3 heterocycles. The van der Waals surface area contributed by atoms with Crippen molar-refractivity contribution in [3.8, 4) is 5.75 Å². The largest absolute Gasteiger partial charge is 0.508 e. The van der Waals surface area contributed by atoms with Gasteiger partial charge >= 0.3 is 0 Å². The molecule has 0 spiro atoms. The SMILES string of the molecule is O=c1[nH]c(/N=N/c2ccc(O)cc2)nc2c1ncn2C1OC(CO)[C@@H](O)[C@H]1O. The van der Waals surface area contributed by atoms with E-state index in [1.807, 2.05) is 0 Å². The highest BCUT2D eigenvalue weighted by Crippen LogP contribution is 2.31. The maximum atomic E-state index is 12.3. The van der Waals surface area contributed by atoms with Crippen molar-refractivity contribution in [3.05, 3.63) is 40.9 Å². The van der Waals surface area contributed by atoms with Gasteiger partial charge in [-0.3, -0.25) is 14.3 Å². The third kappa shape index (κ3) is 3.14. The van der Waals surface area contributed by atoms with E-state index in [9.17, 15) is 25.2 Å². The number of nitrogens with one attached hydrogen (secondary N) is 1. The van der Waals surface area contributed by atoms with Crippen LogP contribution in [-0.4, -0.2) is 64.9 Å². The van der Waals surface area contributed by atoms with Gasteiger partial charge in [-0.2, -0.15) is 4.98 Å². The fourth-order valence-electron chi connectivity index (χ4n) is 2.88. The molecule has 5 N–H and O–H groups in total. The smallest absolute Gasteiger partial charge is 0.280 e. The van der Waals surface area contributed by atoms with Gasteiger partial charge in [0.15, 0.2) is 17.4 Å². The number of fused-ring (bicyclic) bond motifs is 1. The van der Waals surface area contributed by atoms with E-state index < -0.39 is 36.7 Å². The maximum absolute atomic E-state index is 12.3. The number of imidazole rings is 1. The summed E-state index contributed by atoms with van der Waals surface area (Å²) in [4.78, 5) is 22.8. The molecule has 12 nitrogen and oxygen atoms in total. The number of hydrogen-bond acceptors (Lipinski definition) is 10. The molecule has 1 fully saturated rings. The Morgan fingerprint density at radius 2 is 1.93 bits per heavy atom. The summed E-state index contributed by atoms with van der Waals surface area (Å²) in [5.74, 6) is -0.0339. The summed E-state index contributed by atoms with van der Waals surface area (Å²) in [5.41, 5.74) is -0.0905.